The number of carbonyl (C=O) groups is 1. The van der Waals surface area contributed by atoms with Crippen LogP contribution in [0.15, 0.2) is 0 Å². The number of carbonyl (C=O) groups excluding carboxylic acids is 1. The van der Waals surface area contributed by atoms with Crippen molar-refractivity contribution in [3.63, 3.8) is 0 Å². The summed E-state index contributed by atoms with van der Waals surface area (Å²) in [5.74, 6) is -1.08. The van der Waals surface area contributed by atoms with Crippen molar-refractivity contribution in [1.82, 2.24) is 0 Å². The molecule has 12 heavy (non-hydrogen) atoms. The van der Waals surface area contributed by atoms with Gasteiger partial charge in [0, 0.05) is 5.97 Å². The molecule has 0 heterocycles. The molecule has 0 saturated carbocycles. The fourth-order valence-electron chi connectivity index (χ4n) is 0. The summed E-state index contributed by atoms with van der Waals surface area (Å²) in [6.07, 6.45) is 0. The van der Waals surface area contributed by atoms with Gasteiger partial charge in [0.05, 0.1) is 0 Å². The first-order chi connectivity index (χ1) is 1.73. The average molecular weight is 194 g/mol. The van der Waals surface area contributed by atoms with Gasteiger partial charge in [-0.25, -0.2) is 0 Å². The quantitative estimate of drug-likeness (QED) is 0.517. The number of hydrogen-bond acceptors (Lipinski definition) is 2. The third-order valence-electron chi connectivity index (χ3n) is 0. The molecule has 2 nitrogen and oxygen atoms in total. The van der Waals surface area contributed by atoms with Gasteiger partial charge in [-0.3, -0.25) is 0 Å². The molecule has 0 saturated heterocycles. The SMILES string of the molecule is C.C.C.C.C.C.C.CC(=O)[O-].[Na+]. The monoisotopic (exact) mass is 194 g/mol. The van der Waals surface area contributed by atoms with Crippen LogP contribution in [-0.4, -0.2) is 5.97 Å². The zero-order chi connectivity index (χ0) is 3.58. The number of carboxylic acids is 1. The van der Waals surface area contributed by atoms with Crippen molar-refractivity contribution in [3.8, 4) is 0 Å². The van der Waals surface area contributed by atoms with Gasteiger partial charge in [0.25, 0.3) is 0 Å². The largest absolute Gasteiger partial charge is 1.00 e. The van der Waals surface area contributed by atoms with Gasteiger partial charge in [-0.2, -0.15) is 0 Å². The fraction of sp³-hybridized carbons (Fsp3) is 0.889. The molecule has 0 aliphatic carbocycles. The molecule has 0 atom stereocenters. The van der Waals surface area contributed by atoms with Gasteiger partial charge in [-0.15, -0.1) is 0 Å². The van der Waals surface area contributed by atoms with Crippen LogP contribution in [-0.2, 0) is 4.79 Å². The number of carboxylic acid groups (broad SMARTS) is 1. The minimum Gasteiger partial charge on any atom is -0.550 e. The van der Waals surface area contributed by atoms with Gasteiger partial charge in [0.2, 0.25) is 0 Å². The predicted molar refractivity (Wildman–Crippen MR) is 57.8 cm³/mol. The normalized spacial score (nSPS) is 2.08. The van der Waals surface area contributed by atoms with Crippen molar-refractivity contribution in [2.75, 3.05) is 0 Å². The molecule has 0 aliphatic rings. The van der Waals surface area contributed by atoms with E-state index in [0.717, 1.165) is 6.92 Å². The summed E-state index contributed by atoms with van der Waals surface area (Å²) in [7, 11) is 0. The van der Waals surface area contributed by atoms with Crippen LogP contribution < -0.4 is 34.7 Å². The molecule has 0 amide bonds. The van der Waals surface area contributed by atoms with Gasteiger partial charge < -0.3 is 9.90 Å². The van der Waals surface area contributed by atoms with E-state index in [1.807, 2.05) is 0 Å². The van der Waals surface area contributed by atoms with Crippen molar-refractivity contribution >= 4 is 5.97 Å². The van der Waals surface area contributed by atoms with Crippen LogP contribution >= 0.6 is 0 Å². The molecular weight excluding hydrogens is 163 g/mol. The van der Waals surface area contributed by atoms with Crippen molar-refractivity contribution in [1.29, 1.82) is 0 Å². The molecule has 0 fully saturated rings. The van der Waals surface area contributed by atoms with Crippen LogP contribution in [0.4, 0.5) is 0 Å². The molecule has 0 unspecified atom stereocenters. The summed E-state index contributed by atoms with van der Waals surface area (Å²) in [4.78, 5) is 8.89. The number of rotatable bonds is 0. The van der Waals surface area contributed by atoms with E-state index in [2.05, 4.69) is 0 Å². The second kappa shape index (κ2) is 104. The molecule has 3 heteroatoms. The van der Waals surface area contributed by atoms with Crippen LogP contribution in [0.1, 0.15) is 58.9 Å². The maximum absolute atomic E-state index is 8.89. The predicted octanol–water partition coefficient (Wildman–Crippen LogP) is 0.213. The Morgan fingerprint density at radius 2 is 0.833 bits per heavy atom. The molecule has 0 aliphatic heterocycles. The van der Waals surface area contributed by atoms with Crippen molar-refractivity contribution in [3.05, 3.63) is 0 Å². The molecule has 0 rings (SSSR count). The second-order valence-corrected chi connectivity index (χ2v) is 0.492. The van der Waals surface area contributed by atoms with Gasteiger partial charge >= 0.3 is 29.6 Å². The van der Waals surface area contributed by atoms with Crippen LogP contribution in [0.5, 0.6) is 0 Å². The second-order valence-electron chi connectivity index (χ2n) is 0.492. The molecule has 0 spiro atoms. The summed E-state index contributed by atoms with van der Waals surface area (Å²) < 4.78 is 0. The van der Waals surface area contributed by atoms with E-state index in [1.165, 1.54) is 0 Å². The van der Waals surface area contributed by atoms with Crippen molar-refractivity contribution in [2.45, 2.75) is 58.9 Å². The summed E-state index contributed by atoms with van der Waals surface area (Å²) in [6.45, 7) is 0.972. The Balaban J connectivity index is -0.00000000161. The van der Waals surface area contributed by atoms with E-state index in [4.69, 9.17) is 9.90 Å². The molecule has 0 N–H and O–H groups in total. The summed E-state index contributed by atoms with van der Waals surface area (Å²) in [6, 6.07) is 0. The van der Waals surface area contributed by atoms with E-state index in [0.29, 0.717) is 0 Å². The average Bonchev–Trinajstić information content (AvgIpc) is 0.811. The Kier molecular flexibility index (Phi) is 1190. The maximum Gasteiger partial charge on any atom is 1.00 e. The zero-order valence-corrected chi connectivity index (χ0v) is 5.32. The smallest absolute Gasteiger partial charge is 0.550 e. The Morgan fingerprint density at radius 1 is 0.833 bits per heavy atom. The maximum atomic E-state index is 8.89. The minimum absolute atomic E-state index is 0. The molecule has 0 radical (unpaired) electrons. The third-order valence-corrected chi connectivity index (χ3v) is 0. The molecule has 0 bridgehead atoms. The first kappa shape index (κ1) is 136. The Bertz CT molecular complexity index is 35.5. The van der Waals surface area contributed by atoms with E-state index in [-0.39, 0.29) is 81.5 Å². The Labute approximate surface area is 104 Å². The van der Waals surface area contributed by atoms with E-state index >= 15 is 0 Å². The van der Waals surface area contributed by atoms with Crippen LogP contribution in [0.3, 0.4) is 0 Å². The molecule has 0 aromatic heterocycles. The van der Waals surface area contributed by atoms with Gasteiger partial charge in [0.1, 0.15) is 0 Å². The van der Waals surface area contributed by atoms with Crippen LogP contribution in [0.2, 0.25) is 0 Å². The first-order valence-corrected chi connectivity index (χ1v) is 0.908. The first-order valence-electron chi connectivity index (χ1n) is 0.908. The molecule has 0 aromatic carbocycles. The molecule has 0 aromatic rings. The van der Waals surface area contributed by atoms with Crippen LogP contribution in [0, 0.1) is 0 Å². The molecule has 80 valence electrons. The summed E-state index contributed by atoms with van der Waals surface area (Å²) >= 11 is 0. The van der Waals surface area contributed by atoms with Gasteiger partial charge in [-0.05, 0) is 6.92 Å². The third kappa shape index (κ3) is 4250. The van der Waals surface area contributed by atoms with Gasteiger partial charge in [0.15, 0.2) is 0 Å². The van der Waals surface area contributed by atoms with Crippen molar-refractivity contribution in [2.24, 2.45) is 0 Å². The topological polar surface area (TPSA) is 40.1 Å². The minimum atomic E-state index is -1.08. The number of aliphatic carboxylic acids is 1. The Morgan fingerprint density at radius 3 is 0.833 bits per heavy atom. The zero-order valence-electron chi connectivity index (χ0n) is 3.32. The van der Waals surface area contributed by atoms with Crippen LogP contribution in [0.25, 0.3) is 0 Å². The summed E-state index contributed by atoms with van der Waals surface area (Å²) in [5, 5.41) is 8.89. The fourth-order valence-corrected chi connectivity index (χ4v) is 0. The molecular formula is C9H31NaO2. The summed E-state index contributed by atoms with van der Waals surface area (Å²) in [5.41, 5.74) is 0. The van der Waals surface area contributed by atoms with E-state index in [9.17, 15) is 0 Å². The van der Waals surface area contributed by atoms with Crippen molar-refractivity contribution < 1.29 is 39.5 Å². The van der Waals surface area contributed by atoms with E-state index < -0.39 is 5.97 Å². The number of hydrogen-bond donors (Lipinski definition) is 0. The van der Waals surface area contributed by atoms with Gasteiger partial charge in [-0.1, -0.05) is 52.0 Å². The Hall–Kier alpha value is 0.470. The van der Waals surface area contributed by atoms with E-state index in [1.54, 1.807) is 0 Å². The standard InChI is InChI=1S/C2H4O2.7CH4.Na/c1-2(3)4;;;;;;;;/h1H3,(H,3,4);7*1H4;/q;;;;;;;;+1/p-1.